The first kappa shape index (κ1) is 69.6. The van der Waals surface area contributed by atoms with Gasteiger partial charge >= 0.3 is 35.8 Å². The van der Waals surface area contributed by atoms with Crippen LogP contribution in [0.15, 0.2) is 136 Å². The molecular formula is C72H76N2O21S. The number of nitrogens with one attached hydrogen (secondary N) is 2. The van der Waals surface area contributed by atoms with Gasteiger partial charge in [-0.3, -0.25) is 38.4 Å². The van der Waals surface area contributed by atoms with E-state index in [1.165, 1.54) is 90.9 Å². The molecule has 2 amide bonds. The number of hydrogen-bond donors (Lipinski definition) is 4. The Balaban J connectivity index is 1.04. The van der Waals surface area contributed by atoms with Crippen molar-refractivity contribution in [3.8, 4) is 28.4 Å². The van der Waals surface area contributed by atoms with E-state index in [4.69, 9.17) is 42.6 Å². The maximum Gasteiger partial charge on any atom is 0.350 e. The number of aryl methyl sites for hydroxylation is 1. The number of thioether (sulfide) groups is 1. The van der Waals surface area contributed by atoms with Crippen molar-refractivity contribution in [2.45, 2.75) is 152 Å². The highest BCUT2D eigenvalue weighted by atomic mass is 32.2. The Kier molecular flexibility index (Phi) is 20.2. The minimum Gasteiger partial charge on any atom is -0.493 e. The highest BCUT2D eigenvalue weighted by Crippen LogP contribution is 2.65. The zero-order valence-corrected chi connectivity index (χ0v) is 55.5. The average molecular weight is 1340 g/mol. The zero-order valence-electron chi connectivity index (χ0n) is 54.7. The smallest absolute Gasteiger partial charge is 0.350 e. The number of ketones is 1. The molecular weight excluding hydrogens is 1260 g/mol. The SMILES string of the molecule is COc1cc2c(c(OC)c1OC(=O)CCC(=O)O[C@@H](C(=O)O[C@H]1C[C@@]3(O)[C@@H](OC(=O)c4ccccc4)[C@@H]4[C@]5(OC(C)=O)CO[C@@H]5C[C@H](O)[C@@]4(C)C(=O)[C@H](OC(C)=O)C(=C1C)C3(C)C)[C@@H](NC(=O)c1ccccc1)c1ccccc1)-c1ccc(SC)c(=O)cc1[C@@H](NC(C)=O)CC2. The fraction of sp³-hybridized carbons (Fsp3) is 0.417. The number of aliphatic hydroxyl groups excluding tert-OH is 1. The summed E-state index contributed by atoms with van der Waals surface area (Å²) in [4.78, 5) is 143. The first-order valence-electron chi connectivity index (χ1n) is 31.3. The number of fused-ring (bicyclic) bond motifs is 8. The van der Waals surface area contributed by atoms with Gasteiger partial charge in [-0.15, -0.1) is 11.8 Å². The molecule has 4 aliphatic carbocycles. The van der Waals surface area contributed by atoms with E-state index in [1.54, 1.807) is 91.2 Å². The summed E-state index contributed by atoms with van der Waals surface area (Å²) in [5, 5.41) is 32.3. The third-order valence-electron chi connectivity index (χ3n) is 19.4. The van der Waals surface area contributed by atoms with Gasteiger partial charge in [0.2, 0.25) is 17.8 Å². The van der Waals surface area contributed by atoms with E-state index < -0.39 is 150 Å². The molecule has 0 spiro atoms. The number of benzene rings is 4. The second-order valence-corrected chi connectivity index (χ2v) is 26.2. The van der Waals surface area contributed by atoms with Crippen molar-refractivity contribution in [3.63, 3.8) is 0 Å². The standard InChI is InChI=1S/C72H76N2O21S/c1-37-50(35-72(86)65(94-67(84)43-24-18-13-19-25-43)63-70(7,52(79)34-53-71(63,36-89-53)95-40(4)77)64(82)61(90-39(3)76)57(37)69(72,5)6)91-68(85)62(58(41-20-14-11-15-21-41)74-66(83)42-22-16-12-17-23-42)93-55(81)31-30-54(80)92-59-49(87-8)32-44-26-28-47(73-38(2)75)46-33-48(78)51(96-10)29-27-45(46)56(44)60(59)88-9/h11-25,27,29,32-33,47,50,52-53,58,61-63,65,79,86H,26,28,30-31,34-36H2,1-10H3,(H,73,75)(H,74,83)/t47-,50-,52-,53+,58-,61+,62+,63-,65-,70+,71-,72+/m0/s1. The lowest BCUT2D eigenvalue weighted by Crippen LogP contribution is -2.82. The molecule has 5 aromatic rings. The number of esters is 6. The van der Waals surface area contributed by atoms with Crippen molar-refractivity contribution < 1.29 is 96.0 Å². The molecule has 5 aromatic carbocycles. The molecule has 5 aliphatic rings. The number of amides is 2. The van der Waals surface area contributed by atoms with E-state index >= 15 is 9.59 Å². The van der Waals surface area contributed by atoms with Gasteiger partial charge in [0.05, 0.1) is 67.6 Å². The number of carbonyl (C=O) groups is 9. The van der Waals surface area contributed by atoms with Crippen LogP contribution in [-0.2, 0) is 68.4 Å². The molecule has 23 nitrogen and oxygen atoms in total. The predicted molar refractivity (Wildman–Crippen MR) is 344 cm³/mol. The molecule has 1 heterocycles. The summed E-state index contributed by atoms with van der Waals surface area (Å²) >= 11 is 1.24. The van der Waals surface area contributed by atoms with Crippen LogP contribution in [0.2, 0.25) is 0 Å². The molecule has 506 valence electrons. The fourth-order valence-corrected chi connectivity index (χ4v) is 15.1. The van der Waals surface area contributed by atoms with Crippen molar-refractivity contribution in [1.82, 2.24) is 10.6 Å². The number of aliphatic hydroxyl groups is 2. The highest BCUT2D eigenvalue weighted by Gasteiger charge is 2.78. The first-order valence-corrected chi connectivity index (χ1v) is 32.6. The molecule has 3 fully saturated rings. The van der Waals surface area contributed by atoms with Crippen molar-refractivity contribution in [2.75, 3.05) is 27.1 Å². The second kappa shape index (κ2) is 27.8. The van der Waals surface area contributed by atoms with E-state index in [0.717, 1.165) is 13.8 Å². The van der Waals surface area contributed by atoms with Gasteiger partial charge in [0.1, 0.15) is 30.0 Å². The first-order chi connectivity index (χ1) is 45.6. The van der Waals surface area contributed by atoms with Crippen LogP contribution < -0.4 is 30.3 Å². The lowest BCUT2D eigenvalue weighted by molar-refractivity contribution is -0.346. The number of methoxy groups -OCH3 is 2. The zero-order chi connectivity index (χ0) is 69.3. The number of ether oxygens (including phenoxy) is 9. The van der Waals surface area contributed by atoms with E-state index in [2.05, 4.69) is 10.6 Å². The molecule has 4 N–H and O–H groups in total. The van der Waals surface area contributed by atoms with E-state index in [-0.39, 0.29) is 62.8 Å². The van der Waals surface area contributed by atoms with Crippen molar-refractivity contribution in [3.05, 3.63) is 164 Å². The van der Waals surface area contributed by atoms with Crippen LogP contribution in [0.4, 0.5) is 0 Å². The number of hydrogen-bond acceptors (Lipinski definition) is 22. The van der Waals surface area contributed by atoms with Crippen molar-refractivity contribution in [1.29, 1.82) is 0 Å². The van der Waals surface area contributed by atoms with Crippen molar-refractivity contribution in [2.24, 2.45) is 16.7 Å². The monoisotopic (exact) mass is 1340 g/mol. The molecule has 0 unspecified atom stereocenters. The lowest BCUT2D eigenvalue weighted by atomic mass is 9.44. The van der Waals surface area contributed by atoms with Crippen LogP contribution in [0.5, 0.6) is 17.2 Å². The molecule has 96 heavy (non-hydrogen) atoms. The molecule has 24 heteroatoms. The number of rotatable bonds is 19. The minimum absolute atomic E-state index is 0.00232. The second-order valence-electron chi connectivity index (χ2n) is 25.3. The van der Waals surface area contributed by atoms with Crippen LogP contribution in [0, 0.1) is 16.7 Å². The summed E-state index contributed by atoms with van der Waals surface area (Å²) < 4.78 is 55.1. The number of Topliss-reactive ketones (excluding diaryl/α,β-unsaturated/α-hetero) is 1. The summed E-state index contributed by atoms with van der Waals surface area (Å²) in [6.07, 6.45) is -10.6. The molecule has 1 aliphatic heterocycles. The molecule has 2 bridgehead atoms. The predicted octanol–water partition coefficient (Wildman–Crippen LogP) is 7.56. The Morgan fingerprint density at radius 1 is 0.771 bits per heavy atom. The van der Waals surface area contributed by atoms with Crippen LogP contribution in [0.3, 0.4) is 0 Å². The third-order valence-corrected chi connectivity index (χ3v) is 20.1. The van der Waals surface area contributed by atoms with E-state index in [0.29, 0.717) is 40.0 Å². The Labute approximate surface area is 557 Å². The summed E-state index contributed by atoms with van der Waals surface area (Å²) in [6.45, 7) is 9.00. The average Bonchev–Trinajstić information content (AvgIpc) is 0.773. The Morgan fingerprint density at radius 2 is 1.42 bits per heavy atom. The summed E-state index contributed by atoms with van der Waals surface area (Å²) in [6, 6.07) is 27.9. The number of carbonyl (C=O) groups excluding carboxylic acids is 9. The van der Waals surface area contributed by atoms with E-state index in [1.807, 2.05) is 0 Å². The van der Waals surface area contributed by atoms with Gasteiger partial charge in [0, 0.05) is 50.2 Å². The van der Waals surface area contributed by atoms with Gasteiger partial charge in [-0.2, -0.15) is 0 Å². The van der Waals surface area contributed by atoms with Gasteiger partial charge in [-0.25, -0.2) is 9.59 Å². The van der Waals surface area contributed by atoms with Gasteiger partial charge in [0.25, 0.3) is 5.91 Å². The summed E-state index contributed by atoms with van der Waals surface area (Å²) in [5.41, 5.74) is -6.37. The fourth-order valence-electron chi connectivity index (χ4n) is 14.6. The Hall–Kier alpha value is -9.23. The maximum absolute atomic E-state index is 16.0. The van der Waals surface area contributed by atoms with Gasteiger partial charge < -0.3 is 63.5 Å². The normalized spacial score (nSPS) is 25.8. The molecule has 1 saturated heterocycles. The summed E-state index contributed by atoms with van der Waals surface area (Å²) in [5.74, 6) is -10.2. The highest BCUT2D eigenvalue weighted by molar-refractivity contribution is 7.98. The van der Waals surface area contributed by atoms with E-state index in [9.17, 15) is 48.6 Å². The molecule has 10 rings (SSSR count). The largest absolute Gasteiger partial charge is 0.493 e. The van der Waals surface area contributed by atoms with Gasteiger partial charge in [-0.05, 0) is 109 Å². The molecule has 12 atom stereocenters. The minimum atomic E-state index is -2.57. The van der Waals surface area contributed by atoms with Crippen molar-refractivity contribution >= 4 is 65.2 Å². The third kappa shape index (κ3) is 12.9. The van der Waals surface area contributed by atoms with Crippen LogP contribution in [0.25, 0.3) is 11.1 Å². The molecule has 0 radical (unpaired) electrons. The Morgan fingerprint density at radius 3 is 2.01 bits per heavy atom. The topological polar surface area (TPSA) is 318 Å². The van der Waals surface area contributed by atoms with Crippen LogP contribution >= 0.6 is 11.8 Å². The van der Waals surface area contributed by atoms with Crippen LogP contribution in [0.1, 0.15) is 130 Å². The summed E-state index contributed by atoms with van der Waals surface area (Å²) in [7, 11) is 2.70. The maximum atomic E-state index is 16.0. The lowest BCUT2D eigenvalue weighted by Gasteiger charge is -2.67. The van der Waals surface area contributed by atoms with Crippen LogP contribution in [-0.4, -0.2) is 139 Å². The quantitative estimate of drug-likeness (QED) is 0.0204. The van der Waals surface area contributed by atoms with Gasteiger partial charge in [0.15, 0.2) is 34.4 Å². The molecule has 2 saturated carbocycles. The Bertz CT molecular complexity index is 4010. The molecule has 0 aromatic heterocycles. The van der Waals surface area contributed by atoms with Gasteiger partial charge in [-0.1, -0.05) is 86.6 Å².